The van der Waals surface area contributed by atoms with Crippen LogP contribution in [-0.2, 0) is 6.54 Å². The molecule has 1 amide bonds. The van der Waals surface area contributed by atoms with E-state index in [-0.39, 0.29) is 5.91 Å². The Kier molecular flexibility index (Phi) is 5.08. The summed E-state index contributed by atoms with van der Waals surface area (Å²) >= 11 is 0. The number of fused-ring (bicyclic) bond motifs is 1. The molecule has 4 rings (SSSR count). The lowest BCUT2D eigenvalue weighted by atomic mass is 10.1. The first-order valence-electron chi connectivity index (χ1n) is 9.83. The molecule has 0 radical (unpaired) electrons. The first kappa shape index (κ1) is 19.8. The Morgan fingerprint density at radius 1 is 1.13 bits per heavy atom. The van der Waals surface area contributed by atoms with Gasteiger partial charge >= 0.3 is 0 Å². The van der Waals surface area contributed by atoms with Crippen LogP contribution in [0.2, 0.25) is 0 Å². The molecule has 0 atom stereocenters. The Labute approximate surface area is 175 Å². The molecule has 0 saturated heterocycles. The average Bonchev–Trinajstić information content (AvgIpc) is 3.23. The van der Waals surface area contributed by atoms with Gasteiger partial charge in [-0.15, -0.1) is 0 Å². The number of nitrogens with zero attached hydrogens (tertiary/aromatic N) is 3. The topological polar surface area (TPSA) is 60.5 Å². The fraction of sp³-hybridized carbons (Fsp3) is 0.250. The van der Waals surface area contributed by atoms with Gasteiger partial charge in [-0.05, 0) is 51.1 Å². The number of aryl methyl sites for hydroxylation is 2. The number of amides is 1. The van der Waals surface area contributed by atoms with Gasteiger partial charge in [-0.3, -0.25) is 4.79 Å². The van der Waals surface area contributed by atoms with Gasteiger partial charge < -0.3 is 14.1 Å². The molecule has 0 fully saturated rings. The van der Waals surface area contributed by atoms with E-state index in [1.54, 1.807) is 19.1 Å². The maximum atomic E-state index is 13.3. The number of furan rings is 1. The van der Waals surface area contributed by atoms with Crippen molar-refractivity contribution in [2.24, 2.45) is 0 Å². The number of rotatable bonds is 5. The van der Waals surface area contributed by atoms with Crippen LogP contribution in [0.15, 0.2) is 52.9 Å². The Morgan fingerprint density at radius 3 is 2.57 bits per heavy atom. The van der Waals surface area contributed by atoms with Gasteiger partial charge in [0.25, 0.3) is 5.91 Å². The third kappa shape index (κ3) is 3.34. The van der Waals surface area contributed by atoms with Crippen LogP contribution in [0.1, 0.15) is 33.1 Å². The number of benzene rings is 2. The maximum Gasteiger partial charge on any atom is 0.258 e. The molecular weight excluding hydrogens is 378 g/mol. The van der Waals surface area contributed by atoms with E-state index in [4.69, 9.17) is 9.15 Å². The lowest BCUT2D eigenvalue weighted by molar-refractivity contribution is 0.0784. The van der Waals surface area contributed by atoms with Crippen molar-refractivity contribution >= 4 is 16.9 Å². The van der Waals surface area contributed by atoms with Crippen molar-refractivity contribution in [3.63, 3.8) is 0 Å². The SMILES string of the molecule is COc1ccc2oc(C)c(C(=O)N(C)Cc3c(C)nn(-c4ccccc4)c3C)c2c1. The first-order chi connectivity index (χ1) is 14.4. The average molecular weight is 403 g/mol. The van der Waals surface area contributed by atoms with Gasteiger partial charge in [-0.2, -0.15) is 5.10 Å². The Bertz CT molecular complexity index is 1220. The molecule has 0 unspecified atom stereocenters. The number of para-hydroxylation sites is 1. The van der Waals surface area contributed by atoms with Crippen molar-refractivity contribution in [1.29, 1.82) is 0 Å². The lowest BCUT2D eigenvalue weighted by Crippen LogP contribution is -2.27. The summed E-state index contributed by atoms with van der Waals surface area (Å²) in [6.07, 6.45) is 0. The van der Waals surface area contributed by atoms with Crippen molar-refractivity contribution in [3.05, 3.63) is 76.8 Å². The van der Waals surface area contributed by atoms with Crippen molar-refractivity contribution in [2.75, 3.05) is 14.2 Å². The maximum absolute atomic E-state index is 13.3. The van der Waals surface area contributed by atoms with Gasteiger partial charge in [-0.25, -0.2) is 4.68 Å². The number of carbonyl (C=O) groups excluding carboxylic acids is 1. The summed E-state index contributed by atoms with van der Waals surface area (Å²) in [5.74, 6) is 1.20. The van der Waals surface area contributed by atoms with Gasteiger partial charge in [0.05, 0.1) is 24.1 Å². The zero-order chi connectivity index (χ0) is 21.4. The Hall–Kier alpha value is -3.54. The highest BCUT2D eigenvalue weighted by atomic mass is 16.5. The van der Waals surface area contributed by atoms with Crippen LogP contribution in [0.3, 0.4) is 0 Å². The van der Waals surface area contributed by atoms with Crippen LogP contribution in [0.4, 0.5) is 0 Å². The molecule has 0 aliphatic heterocycles. The normalized spacial score (nSPS) is 11.1. The molecule has 6 heteroatoms. The standard InChI is InChI=1S/C24H25N3O3/c1-15-21(16(2)27(25-15)18-9-7-6-8-10-18)14-26(4)24(28)23-17(3)30-22-12-11-19(29-5)13-20(22)23/h6-13H,14H2,1-5H3. The number of hydrogen-bond acceptors (Lipinski definition) is 4. The molecule has 0 spiro atoms. The van der Waals surface area contributed by atoms with Gasteiger partial charge in [0, 0.05) is 30.2 Å². The molecule has 30 heavy (non-hydrogen) atoms. The van der Waals surface area contributed by atoms with Crippen LogP contribution in [-0.4, -0.2) is 34.7 Å². The summed E-state index contributed by atoms with van der Waals surface area (Å²) in [4.78, 5) is 15.1. The summed E-state index contributed by atoms with van der Waals surface area (Å²) in [6, 6.07) is 15.5. The molecule has 4 aromatic rings. The molecule has 0 N–H and O–H groups in total. The largest absolute Gasteiger partial charge is 0.497 e. The van der Waals surface area contributed by atoms with Crippen molar-refractivity contribution in [3.8, 4) is 11.4 Å². The number of methoxy groups -OCH3 is 1. The van der Waals surface area contributed by atoms with Gasteiger partial charge in [0.1, 0.15) is 17.1 Å². The van der Waals surface area contributed by atoms with E-state index in [0.717, 1.165) is 28.0 Å². The van der Waals surface area contributed by atoms with Crippen LogP contribution >= 0.6 is 0 Å². The second-order valence-corrected chi connectivity index (χ2v) is 7.45. The Balaban J connectivity index is 1.66. The van der Waals surface area contributed by atoms with E-state index >= 15 is 0 Å². The number of aromatic nitrogens is 2. The van der Waals surface area contributed by atoms with E-state index in [9.17, 15) is 4.79 Å². The quantitative estimate of drug-likeness (QED) is 0.479. The number of ether oxygens (including phenoxy) is 1. The predicted molar refractivity (Wildman–Crippen MR) is 116 cm³/mol. The van der Waals surface area contributed by atoms with Crippen LogP contribution in [0.5, 0.6) is 5.75 Å². The van der Waals surface area contributed by atoms with E-state index in [1.165, 1.54) is 0 Å². The number of carbonyl (C=O) groups is 1. The molecule has 0 saturated carbocycles. The van der Waals surface area contributed by atoms with Gasteiger partial charge in [-0.1, -0.05) is 18.2 Å². The molecule has 0 aliphatic carbocycles. The first-order valence-corrected chi connectivity index (χ1v) is 9.83. The highest BCUT2D eigenvalue weighted by Gasteiger charge is 2.24. The van der Waals surface area contributed by atoms with E-state index in [0.29, 0.717) is 29.2 Å². The van der Waals surface area contributed by atoms with Crippen LogP contribution < -0.4 is 4.74 Å². The Morgan fingerprint density at radius 2 is 1.87 bits per heavy atom. The smallest absolute Gasteiger partial charge is 0.258 e. The lowest BCUT2D eigenvalue weighted by Gasteiger charge is -2.17. The van der Waals surface area contributed by atoms with Crippen LogP contribution in [0, 0.1) is 20.8 Å². The molecule has 0 aliphatic rings. The monoisotopic (exact) mass is 403 g/mol. The summed E-state index contributed by atoms with van der Waals surface area (Å²) in [6.45, 7) is 6.28. The van der Waals surface area contributed by atoms with E-state index < -0.39 is 0 Å². The van der Waals surface area contributed by atoms with Crippen LogP contribution in [0.25, 0.3) is 16.7 Å². The predicted octanol–water partition coefficient (Wildman–Crippen LogP) is 4.82. The second-order valence-electron chi connectivity index (χ2n) is 7.45. The third-order valence-electron chi connectivity index (χ3n) is 5.47. The summed E-state index contributed by atoms with van der Waals surface area (Å²) < 4.78 is 13.1. The van der Waals surface area contributed by atoms with Crippen molar-refractivity contribution in [2.45, 2.75) is 27.3 Å². The minimum absolute atomic E-state index is 0.0919. The van der Waals surface area contributed by atoms with Gasteiger partial charge in [0.2, 0.25) is 0 Å². The zero-order valence-electron chi connectivity index (χ0n) is 17.9. The fourth-order valence-corrected chi connectivity index (χ4v) is 3.82. The summed E-state index contributed by atoms with van der Waals surface area (Å²) in [5.41, 5.74) is 5.21. The molecule has 154 valence electrons. The number of hydrogen-bond donors (Lipinski definition) is 0. The molecule has 2 heterocycles. The summed E-state index contributed by atoms with van der Waals surface area (Å²) in [7, 11) is 3.41. The molecular formula is C24H25N3O3. The molecule has 0 bridgehead atoms. The summed E-state index contributed by atoms with van der Waals surface area (Å²) in [5, 5.41) is 5.45. The van der Waals surface area contributed by atoms with Crippen molar-refractivity contribution in [1.82, 2.24) is 14.7 Å². The molecule has 2 aromatic carbocycles. The van der Waals surface area contributed by atoms with Gasteiger partial charge in [0.15, 0.2) is 0 Å². The molecule has 6 nitrogen and oxygen atoms in total. The minimum atomic E-state index is -0.0919. The van der Waals surface area contributed by atoms with E-state index in [1.807, 2.05) is 74.0 Å². The highest BCUT2D eigenvalue weighted by molar-refractivity contribution is 6.07. The third-order valence-corrected chi connectivity index (χ3v) is 5.47. The molecule has 2 aromatic heterocycles. The minimum Gasteiger partial charge on any atom is -0.497 e. The second kappa shape index (κ2) is 7.71. The fourth-order valence-electron chi connectivity index (χ4n) is 3.82. The van der Waals surface area contributed by atoms with Crippen molar-refractivity contribution < 1.29 is 13.9 Å². The highest BCUT2D eigenvalue weighted by Crippen LogP contribution is 2.30. The van der Waals surface area contributed by atoms with E-state index in [2.05, 4.69) is 5.10 Å². The zero-order valence-corrected chi connectivity index (χ0v) is 17.9.